The second-order valence-electron chi connectivity index (χ2n) is 7.01. The van der Waals surface area contributed by atoms with Crippen LogP contribution in [0.25, 0.3) is 5.65 Å². The average Bonchev–Trinajstić information content (AvgIpc) is 3.35. The molecule has 2 aromatic heterocycles. The molecule has 1 aliphatic carbocycles. The normalized spacial score (nSPS) is 18.2. The van der Waals surface area contributed by atoms with E-state index in [0.717, 1.165) is 36.7 Å². The molecule has 1 fully saturated rings. The maximum absolute atomic E-state index is 5.60. The Morgan fingerprint density at radius 3 is 2.85 bits per heavy atom. The van der Waals surface area contributed by atoms with Crippen LogP contribution < -0.4 is 14.8 Å². The second-order valence-corrected chi connectivity index (χ2v) is 7.01. The summed E-state index contributed by atoms with van der Waals surface area (Å²) in [5, 5.41) is 19.3. The minimum absolute atomic E-state index is 0.0660. The van der Waals surface area contributed by atoms with E-state index in [1.807, 2.05) is 18.2 Å². The molecule has 1 aliphatic heterocycles. The molecule has 1 saturated carbocycles. The van der Waals surface area contributed by atoms with Crippen molar-refractivity contribution >= 4 is 11.5 Å². The summed E-state index contributed by atoms with van der Waals surface area (Å²) < 4.78 is 12.5. The smallest absolute Gasteiger partial charge is 0.231 e. The lowest BCUT2D eigenvalue weighted by Crippen LogP contribution is -2.36. The Morgan fingerprint density at radius 1 is 1.04 bits per heavy atom. The molecule has 0 spiro atoms. The molecule has 2 aliphatic rings. The van der Waals surface area contributed by atoms with Crippen LogP contribution in [0.3, 0.4) is 0 Å². The summed E-state index contributed by atoms with van der Waals surface area (Å²) in [6.45, 7) is 1.12. The Morgan fingerprint density at radius 2 is 1.92 bits per heavy atom. The summed E-state index contributed by atoms with van der Waals surface area (Å²) >= 11 is 0. The average molecular weight is 352 g/mol. The van der Waals surface area contributed by atoms with Crippen LogP contribution in [0.1, 0.15) is 37.7 Å². The van der Waals surface area contributed by atoms with Gasteiger partial charge in [0.2, 0.25) is 6.79 Å². The molecule has 134 valence electrons. The van der Waals surface area contributed by atoms with Crippen molar-refractivity contribution in [3.8, 4) is 11.5 Å². The first kappa shape index (κ1) is 15.4. The number of hydrogen-bond acceptors (Lipinski definition) is 7. The zero-order valence-corrected chi connectivity index (χ0v) is 14.4. The molecule has 1 N–H and O–H groups in total. The molecule has 0 atom stereocenters. The van der Waals surface area contributed by atoms with Crippen LogP contribution >= 0.6 is 0 Å². The van der Waals surface area contributed by atoms with Gasteiger partial charge >= 0.3 is 0 Å². The topological polar surface area (TPSA) is 86.5 Å². The minimum atomic E-state index is 0.0660. The molecule has 0 unspecified atom stereocenters. The van der Waals surface area contributed by atoms with Gasteiger partial charge in [-0.05, 0) is 53.1 Å². The maximum Gasteiger partial charge on any atom is 0.231 e. The van der Waals surface area contributed by atoms with Crippen LogP contribution in [-0.2, 0) is 5.41 Å². The van der Waals surface area contributed by atoms with E-state index in [1.54, 1.807) is 0 Å². The SMILES string of the molecule is c1cc2c(cc1C1(CNc3ccc4nnnn4n3)CCCCC1)OCO2. The molecule has 3 heterocycles. The van der Waals surface area contributed by atoms with Gasteiger partial charge in [0.25, 0.3) is 0 Å². The second kappa shape index (κ2) is 6.12. The Balaban J connectivity index is 1.43. The van der Waals surface area contributed by atoms with Crippen LogP contribution in [-0.4, -0.2) is 38.6 Å². The highest BCUT2D eigenvalue weighted by Gasteiger charge is 2.35. The summed E-state index contributed by atoms with van der Waals surface area (Å²) in [5.74, 6) is 2.45. The summed E-state index contributed by atoms with van der Waals surface area (Å²) in [6.07, 6.45) is 6.05. The third-order valence-corrected chi connectivity index (χ3v) is 5.47. The van der Waals surface area contributed by atoms with Gasteiger partial charge in [0.1, 0.15) is 5.82 Å². The van der Waals surface area contributed by atoms with Crippen LogP contribution in [0, 0.1) is 0 Å². The number of tetrazole rings is 1. The first-order valence-corrected chi connectivity index (χ1v) is 9.02. The zero-order chi connectivity index (χ0) is 17.4. The number of rotatable bonds is 4. The van der Waals surface area contributed by atoms with Gasteiger partial charge in [0.15, 0.2) is 17.1 Å². The van der Waals surface area contributed by atoms with E-state index in [4.69, 9.17) is 9.47 Å². The Kier molecular flexibility index (Phi) is 3.62. The third-order valence-electron chi connectivity index (χ3n) is 5.47. The minimum Gasteiger partial charge on any atom is -0.454 e. The highest BCUT2D eigenvalue weighted by atomic mass is 16.7. The summed E-state index contributed by atoms with van der Waals surface area (Å²) in [7, 11) is 0. The van der Waals surface area contributed by atoms with Crippen LogP contribution in [0.15, 0.2) is 30.3 Å². The van der Waals surface area contributed by atoms with Crippen molar-refractivity contribution in [3.05, 3.63) is 35.9 Å². The number of ether oxygens (including phenoxy) is 2. The van der Waals surface area contributed by atoms with Gasteiger partial charge in [-0.1, -0.05) is 25.3 Å². The lowest BCUT2D eigenvalue weighted by molar-refractivity contribution is 0.174. The third kappa shape index (κ3) is 2.61. The van der Waals surface area contributed by atoms with Crippen molar-refractivity contribution in [1.29, 1.82) is 0 Å². The van der Waals surface area contributed by atoms with Crippen molar-refractivity contribution in [1.82, 2.24) is 25.3 Å². The number of anilines is 1. The fourth-order valence-electron chi connectivity index (χ4n) is 4.03. The van der Waals surface area contributed by atoms with Gasteiger partial charge in [-0.2, -0.15) is 0 Å². The van der Waals surface area contributed by atoms with Gasteiger partial charge in [-0.25, -0.2) is 0 Å². The van der Waals surface area contributed by atoms with E-state index in [-0.39, 0.29) is 5.41 Å². The molecule has 8 heteroatoms. The number of nitrogens with one attached hydrogen (secondary N) is 1. The van der Waals surface area contributed by atoms with Crippen LogP contribution in [0.2, 0.25) is 0 Å². The lowest BCUT2D eigenvalue weighted by Gasteiger charge is -2.38. The van der Waals surface area contributed by atoms with E-state index in [9.17, 15) is 0 Å². The Labute approximate surface area is 150 Å². The Bertz CT molecular complexity index is 934. The van der Waals surface area contributed by atoms with Gasteiger partial charge in [0, 0.05) is 12.0 Å². The van der Waals surface area contributed by atoms with Gasteiger partial charge in [-0.15, -0.1) is 14.8 Å². The van der Waals surface area contributed by atoms with Gasteiger partial charge in [0.05, 0.1) is 0 Å². The molecular weight excluding hydrogens is 332 g/mol. The highest BCUT2D eigenvalue weighted by molar-refractivity contribution is 5.48. The summed E-state index contributed by atoms with van der Waals surface area (Å²) in [4.78, 5) is 0. The first-order chi connectivity index (χ1) is 12.8. The predicted molar refractivity (Wildman–Crippen MR) is 94.4 cm³/mol. The molecule has 5 rings (SSSR count). The van der Waals surface area contributed by atoms with Gasteiger partial charge < -0.3 is 14.8 Å². The number of aromatic nitrogens is 5. The van der Waals surface area contributed by atoms with Gasteiger partial charge in [-0.3, -0.25) is 0 Å². The Hall–Kier alpha value is -2.90. The summed E-state index contributed by atoms with van der Waals surface area (Å²) in [6, 6.07) is 10.1. The first-order valence-electron chi connectivity index (χ1n) is 9.02. The monoisotopic (exact) mass is 352 g/mol. The van der Waals surface area contributed by atoms with E-state index in [1.165, 1.54) is 29.5 Å². The van der Waals surface area contributed by atoms with Crippen LogP contribution in [0.5, 0.6) is 11.5 Å². The maximum atomic E-state index is 5.60. The van der Waals surface area contributed by atoms with E-state index >= 15 is 0 Å². The fourth-order valence-corrected chi connectivity index (χ4v) is 4.03. The van der Waals surface area contributed by atoms with Crippen molar-refractivity contribution in [2.24, 2.45) is 0 Å². The number of fused-ring (bicyclic) bond motifs is 2. The molecule has 8 nitrogen and oxygen atoms in total. The summed E-state index contributed by atoms with van der Waals surface area (Å²) in [5.41, 5.74) is 2.01. The number of benzene rings is 1. The predicted octanol–water partition coefficient (Wildman–Crippen LogP) is 2.56. The van der Waals surface area contributed by atoms with Crippen molar-refractivity contribution < 1.29 is 9.47 Å². The fraction of sp³-hybridized carbons (Fsp3) is 0.444. The molecule has 3 aromatic rings. The highest BCUT2D eigenvalue weighted by Crippen LogP contribution is 2.43. The lowest BCUT2D eigenvalue weighted by atomic mass is 9.69. The molecule has 0 saturated heterocycles. The molecule has 0 amide bonds. The molecule has 0 radical (unpaired) electrons. The van der Waals surface area contributed by atoms with E-state index < -0.39 is 0 Å². The standard InChI is InChI=1S/C18H20N6O2/c1-2-8-18(9-3-1,13-4-5-14-15(10-13)26-12-25-14)11-19-16-6-7-17-20-22-23-24(17)21-16/h4-7,10H,1-3,8-9,11-12H2,(H,19,21). The van der Waals surface area contributed by atoms with Crippen molar-refractivity contribution in [3.63, 3.8) is 0 Å². The zero-order valence-electron chi connectivity index (χ0n) is 14.4. The molecular formula is C18H20N6O2. The van der Waals surface area contributed by atoms with Crippen molar-refractivity contribution in [2.75, 3.05) is 18.7 Å². The molecule has 1 aromatic carbocycles. The molecule has 0 bridgehead atoms. The van der Waals surface area contributed by atoms with E-state index in [2.05, 4.69) is 38.1 Å². The number of nitrogens with zero attached hydrogens (tertiary/aromatic N) is 5. The largest absolute Gasteiger partial charge is 0.454 e. The van der Waals surface area contributed by atoms with Crippen molar-refractivity contribution in [2.45, 2.75) is 37.5 Å². The molecule has 26 heavy (non-hydrogen) atoms. The number of hydrogen-bond donors (Lipinski definition) is 1. The van der Waals surface area contributed by atoms with Crippen LogP contribution in [0.4, 0.5) is 5.82 Å². The van der Waals surface area contributed by atoms with E-state index in [0.29, 0.717) is 12.4 Å². The quantitative estimate of drug-likeness (QED) is 0.772.